The van der Waals surface area contributed by atoms with Crippen LogP contribution in [0.2, 0.25) is 0 Å². The maximum absolute atomic E-state index is 10.7. The SMILES string of the molecule is O=Cc1ccc(-c2cccc(-c3nc4ccccc4s3)c2)o1. The summed E-state index contributed by atoms with van der Waals surface area (Å²) in [4.78, 5) is 15.4. The summed E-state index contributed by atoms with van der Waals surface area (Å²) in [5.41, 5.74) is 2.99. The number of carbonyl (C=O) groups is 1. The number of aldehydes is 1. The number of rotatable bonds is 3. The molecule has 0 aliphatic carbocycles. The van der Waals surface area contributed by atoms with Gasteiger partial charge in [0.1, 0.15) is 10.8 Å². The number of furan rings is 1. The van der Waals surface area contributed by atoms with Crippen molar-refractivity contribution in [2.75, 3.05) is 0 Å². The highest BCUT2D eigenvalue weighted by Gasteiger charge is 2.09. The van der Waals surface area contributed by atoms with E-state index < -0.39 is 0 Å². The molecule has 0 amide bonds. The van der Waals surface area contributed by atoms with Crippen molar-refractivity contribution in [1.29, 1.82) is 0 Å². The van der Waals surface area contributed by atoms with E-state index in [0.717, 1.165) is 21.7 Å². The number of para-hydroxylation sites is 1. The molecule has 106 valence electrons. The van der Waals surface area contributed by atoms with Crippen LogP contribution in [0.1, 0.15) is 10.6 Å². The molecule has 0 saturated heterocycles. The lowest BCUT2D eigenvalue weighted by atomic mass is 10.1. The molecule has 0 atom stereocenters. The maximum Gasteiger partial charge on any atom is 0.185 e. The number of nitrogens with zero attached hydrogens (tertiary/aromatic N) is 1. The van der Waals surface area contributed by atoms with Gasteiger partial charge in [0.05, 0.1) is 10.2 Å². The lowest BCUT2D eigenvalue weighted by molar-refractivity contribution is 0.110. The summed E-state index contributed by atoms with van der Waals surface area (Å²) >= 11 is 1.67. The quantitative estimate of drug-likeness (QED) is 0.498. The topological polar surface area (TPSA) is 43.1 Å². The first-order valence-electron chi connectivity index (χ1n) is 6.85. The van der Waals surface area contributed by atoms with Crippen LogP contribution in [0.15, 0.2) is 65.1 Å². The zero-order valence-electron chi connectivity index (χ0n) is 11.5. The van der Waals surface area contributed by atoms with E-state index in [2.05, 4.69) is 11.1 Å². The van der Waals surface area contributed by atoms with Gasteiger partial charge in [-0.2, -0.15) is 0 Å². The molecule has 2 aromatic heterocycles. The molecule has 4 rings (SSSR count). The van der Waals surface area contributed by atoms with Gasteiger partial charge in [-0.25, -0.2) is 4.98 Å². The van der Waals surface area contributed by atoms with Crippen LogP contribution in [-0.2, 0) is 0 Å². The minimum absolute atomic E-state index is 0.334. The van der Waals surface area contributed by atoms with E-state index in [9.17, 15) is 4.79 Å². The molecule has 4 aromatic rings. The van der Waals surface area contributed by atoms with Crippen molar-refractivity contribution in [1.82, 2.24) is 4.98 Å². The number of hydrogen-bond acceptors (Lipinski definition) is 4. The Morgan fingerprint density at radius 2 is 1.82 bits per heavy atom. The van der Waals surface area contributed by atoms with Crippen molar-refractivity contribution in [2.45, 2.75) is 0 Å². The maximum atomic E-state index is 10.7. The van der Waals surface area contributed by atoms with Crippen molar-refractivity contribution >= 4 is 27.8 Å². The molecule has 0 bridgehead atoms. The Kier molecular flexibility index (Phi) is 3.09. The summed E-state index contributed by atoms with van der Waals surface area (Å²) in [6, 6.07) is 19.6. The van der Waals surface area contributed by atoms with Crippen LogP contribution in [-0.4, -0.2) is 11.3 Å². The molecule has 0 spiro atoms. The summed E-state index contributed by atoms with van der Waals surface area (Å²) in [5, 5.41) is 0.977. The zero-order valence-corrected chi connectivity index (χ0v) is 12.3. The van der Waals surface area contributed by atoms with Gasteiger partial charge in [-0.1, -0.05) is 30.3 Å². The molecule has 3 nitrogen and oxygen atoms in total. The molecule has 0 aliphatic rings. The Labute approximate surface area is 130 Å². The molecule has 0 unspecified atom stereocenters. The molecule has 0 saturated carbocycles. The first-order chi connectivity index (χ1) is 10.8. The number of thiazole rings is 1. The monoisotopic (exact) mass is 305 g/mol. The lowest BCUT2D eigenvalue weighted by Crippen LogP contribution is -1.79. The minimum Gasteiger partial charge on any atom is -0.453 e. The van der Waals surface area contributed by atoms with Gasteiger partial charge >= 0.3 is 0 Å². The Hall–Kier alpha value is -2.72. The number of aromatic nitrogens is 1. The molecular weight excluding hydrogens is 294 g/mol. The van der Waals surface area contributed by atoms with Gasteiger partial charge in [0.25, 0.3) is 0 Å². The normalized spacial score (nSPS) is 10.9. The van der Waals surface area contributed by atoms with Gasteiger partial charge in [-0.3, -0.25) is 4.79 Å². The minimum atomic E-state index is 0.334. The zero-order chi connectivity index (χ0) is 14.9. The molecule has 0 aliphatic heterocycles. The first kappa shape index (κ1) is 13.0. The largest absolute Gasteiger partial charge is 0.453 e. The van der Waals surface area contributed by atoms with Gasteiger partial charge in [0.2, 0.25) is 0 Å². The van der Waals surface area contributed by atoms with E-state index in [4.69, 9.17) is 4.42 Å². The second kappa shape index (κ2) is 5.24. The smallest absolute Gasteiger partial charge is 0.185 e. The van der Waals surface area contributed by atoms with E-state index in [1.54, 1.807) is 23.5 Å². The fraction of sp³-hybridized carbons (Fsp3) is 0. The Balaban J connectivity index is 1.79. The predicted molar refractivity (Wildman–Crippen MR) is 88.1 cm³/mol. The Morgan fingerprint density at radius 3 is 2.64 bits per heavy atom. The van der Waals surface area contributed by atoms with Crippen molar-refractivity contribution < 1.29 is 9.21 Å². The van der Waals surface area contributed by atoms with E-state index in [1.165, 1.54) is 4.70 Å². The molecule has 2 heterocycles. The Morgan fingerprint density at radius 1 is 0.955 bits per heavy atom. The molecule has 0 N–H and O–H groups in total. The van der Waals surface area contributed by atoms with E-state index in [1.807, 2.05) is 42.5 Å². The van der Waals surface area contributed by atoms with E-state index in [0.29, 0.717) is 17.8 Å². The second-order valence-electron chi connectivity index (χ2n) is 4.89. The molecule has 4 heteroatoms. The van der Waals surface area contributed by atoms with Crippen LogP contribution >= 0.6 is 11.3 Å². The van der Waals surface area contributed by atoms with Crippen LogP contribution in [0, 0.1) is 0 Å². The predicted octanol–water partition coefficient (Wildman–Crippen LogP) is 5.04. The van der Waals surface area contributed by atoms with Gasteiger partial charge < -0.3 is 4.42 Å². The number of hydrogen-bond donors (Lipinski definition) is 0. The summed E-state index contributed by atoms with van der Waals surface area (Å²) in [6.07, 6.45) is 0.709. The summed E-state index contributed by atoms with van der Waals surface area (Å²) in [7, 11) is 0. The van der Waals surface area contributed by atoms with Crippen molar-refractivity contribution in [3.05, 3.63) is 66.4 Å². The van der Waals surface area contributed by atoms with Crippen molar-refractivity contribution in [2.24, 2.45) is 0 Å². The van der Waals surface area contributed by atoms with Gasteiger partial charge in [0.15, 0.2) is 12.0 Å². The summed E-state index contributed by atoms with van der Waals surface area (Å²) in [6.45, 7) is 0. The highest BCUT2D eigenvalue weighted by molar-refractivity contribution is 7.21. The van der Waals surface area contributed by atoms with Crippen LogP contribution in [0.3, 0.4) is 0 Å². The molecule has 22 heavy (non-hydrogen) atoms. The van der Waals surface area contributed by atoms with Gasteiger partial charge in [-0.15, -0.1) is 11.3 Å². The fourth-order valence-electron chi connectivity index (χ4n) is 2.37. The Bertz CT molecular complexity index is 935. The summed E-state index contributed by atoms with van der Waals surface area (Å²) in [5.74, 6) is 1.02. The van der Waals surface area contributed by atoms with Gasteiger partial charge in [0, 0.05) is 11.1 Å². The van der Waals surface area contributed by atoms with Crippen LogP contribution < -0.4 is 0 Å². The number of carbonyl (C=O) groups excluding carboxylic acids is 1. The van der Waals surface area contributed by atoms with E-state index in [-0.39, 0.29) is 0 Å². The first-order valence-corrected chi connectivity index (χ1v) is 7.66. The third kappa shape index (κ3) is 2.23. The van der Waals surface area contributed by atoms with Gasteiger partial charge in [-0.05, 0) is 30.3 Å². The lowest BCUT2D eigenvalue weighted by Gasteiger charge is -2.00. The average molecular weight is 305 g/mol. The molecular formula is C18H11NO2S. The standard InChI is InChI=1S/C18H11NO2S/c20-11-14-8-9-16(21-14)12-4-3-5-13(10-12)18-19-15-6-1-2-7-17(15)22-18/h1-11H. The summed E-state index contributed by atoms with van der Waals surface area (Å²) < 4.78 is 6.65. The average Bonchev–Trinajstić information content (AvgIpc) is 3.21. The van der Waals surface area contributed by atoms with Crippen LogP contribution in [0.25, 0.3) is 32.1 Å². The molecule has 0 fully saturated rings. The number of fused-ring (bicyclic) bond motifs is 1. The van der Waals surface area contributed by atoms with E-state index >= 15 is 0 Å². The third-order valence-electron chi connectivity index (χ3n) is 3.43. The van der Waals surface area contributed by atoms with Crippen molar-refractivity contribution in [3.63, 3.8) is 0 Å². The molecule has 0 radical (unpaired) electrons. The highest BCUT2D eigenvalue weighted by Crippen LogP contribution is 2.32. The van der Waals surface area contributed by atoms with Crippen LogP contribution in [0.4, 0.5) is 0 Å². The fourth-order valence-corrected chi connectivity index (χ4v) is 3.33. The number of benzene rings is 2. The van der Waals surface area contributed by atoms with Crippen LogP contribution in [0.5, 0.6) is 0 Å². The molecule has 2 aromatic carbocycles. The highest BCUT2D eigenvalue weighted by atomic mass is 32.1. The third-order valence-corrected chi connectivity index (χ3v) is 4.52. The van der Waals surface area contributed by atoms with Crippen molar-refractivity contribution in [3.8, 4) is 21.9 Å². The second-order valence-corrected chi connectivity index (χ2v) is 5.92.